The van der Waals surface area contributed by atoms with E-state index in [-0.39, 0.29) is 17.9 Å². The molecule has 2 saturated heterocycles. The summed E-state index contributed by atoms with van der Waals surface area (Å²) in [4.78, 5) is 26.7. The standard InChI is InChI=1S/C11H19N3O2/c1-12-6-8-3-4-14(7-8)9-5-10(15)13(2)11(9)16/h8-9,12H,3-7H2,1-2H3. The van der Waals surface area contributed by atoms with Crippen molar-refractivity contribution in [2.45, 2.75) is 18.9 Å². The van der Waals surface area contributed by atoms with Crippen LogP contribution in [0.3, 0.4) is 0 Å². The van der Waals surface area contributed by atoms with Crippen LogP contribution in [0.15, 0.2) is 0 Å². The summed E-state index contributed by atoms with van der Waals surface area (Å²) in [6.07, 6.45) is 1.48. The molecule has 5 nitrogen and oxygen atoms in total. The SMILES string of the molecule is CNCC1CCN(C2CC(=O)N(C)C2=O)C1. The first-order valence-electron chi connectivity index (χ1n) is 5.82. The van der Waals surface area contributed by atoms with E-state index in [2.05, 4.69) is 10.2 Å². The fourth-order valence-corrected chi connectivity index (χ4v) is 2.62. The highest BCUT2D eigenvalue weighted by Crippen LogP contribution is 2.24. The zero-order valence-corrected chi connectivity index (χ0v) is 9.90. The van der Waals surface area contributed by atoms with E-state index in [4.69, 9.17) is 0 Å². The van der Waals surface area contributed by atoms with E-state index >= 15 is 0 Å². The van der Waals surface area contributed by atoms with Gasteiger partial charge in [-0.05, 0) is 32.5 Å². The first-order chi connectivity index (χ1) is 7.63. The molecule has 0 aromatic heterocycles. The van der Waals surface area contributed by atoms with E-state index < -0.39 is 0 Å². The van der Waals surface area contributed by atoms with Gasteiger partial charge in [0.05, 0.1) is 12.5 Å². The van der Waals surface area contributed by atoms with Crippen molar-refractivity contribution in [1.29, 1.82) is 0 Å². The zero-order valence-electron chi connectivity index (χ0n) is 9.90. The van der Waals surface area contributed by atoms with E-state index in [9.17, 15) is 9.59 Å². The van der Waals surface area contributed by atoms with Gasteiger partial charge in [-0.25, -0.2) is 0 Å². The fraction of sp³-hybridized carbons (Fsp3) is 0.818. The van der Waals surface area contributed by atoms with Crippen LogP contribution in [-0.2, 0) is 9.59 Å². The van der Waals surface area contributed by atoms with Gasteiger partial charge in [0.15, 0.2) is 0 Å². The highest BCUT2D eigenvalue weighted by atomic mass is 16.2. The van der Waals surface area contributed by atoms with Crippen molar-refractivity contribution in [2.24, 2.45) is 5.92 Å². The van der Waals surface area contributed by atoms with Gasteiger partial charge in [0.1, 0.15) is 0 Å². The molecule has 0 saturated carbocycles. The third kappa shape index (κ3) is 1.97. The molecule has 0 aromatic rings. The predicted molar refractivity (Wildman–Crippen MR) is 59.8 cm³/mol. The second-order valence-corrected chi connectivity index (χ2v) is 4.72. The minimum atomic E-state index is -0.195. The Kier molecular flexibility index (Phi) is 3.25. The first-order valence-corrected chi connectivity index (χ1v) is 5.82. The summed E-state index contributed by atoms with van der Waals surface area (Å²) in [5.41, 5.74) is 0. The van der Waals surface area contributed by atoms with Crippen molar-refractivity contribution in [3.05, 3.63) is 0 Å². The lowest BCUT2D eigenvalue weighted by molar-refractivity contribution is -0.137. The third-order valence-electron chi connectivity index (χ3n) is 3.61. The van der Waals surface area contributed by atoms with Crippen LogP contribution in [0.25, 0.3) is 0 Å². The van der Waals surface area contributed by atoms with Crippen LogP contribution in [0.5, 0.6) is 0 Å². The maximum Gasteiger partial charge on any atom is 0.246 e. The van der Waals surface area contributed by atoms with Crippen molar-refractivity contribution in [3.8, 4) is 0 Å². The van der Waals surface area contributed by atoms with Gasteiger partial charge in [0.2, 0.25) is 11.8 Å². The minimum Gasteiger partial charge on any atom is -0.319 e. The Hall–Kier alpha value is -0.940. The van der Waals surface area contributed by atoms with Crippen LogP contribution in [0.2, 0.25) is 0 Å². The predicted octanol–water partition coefficient (Wildman–Crippen LogP) is -0.715. The second-order valence-electron chi connectivity index (χ2n) is 4.72. The molecule has 90 valence electrons. The van der Waals surface area contributed by atoms with Gasteiger partial charge >= 0.3 is 0 Å². The molecular formula is C11H19N3O2. The third-order valence-corrected chi connectivity index (χ3v) is 3.61. The number of amides is 2. The summed E-state index contributed by atoms with van der Waals surface area (Å²) in [6.45, 7) is 2.85. The lowest BCUT2D eigenvalue weighted by Gasteiger charge is -2.21. The quantitative estimate of drug-likeness (QED) is 0.644. The van der Waals surface area contributed by atoms with E-state index in [0.29, 0.717) is 12.3 Å². The highest BCUT2D eigenvalue weighted by Gasteiger charge is 2.41. The van der Waals surface area contributed by atoms with Crippen LogP contribution in [-0.4, -0.2) is 61.4 Å². The molecule has 2 unspecified atom stereocenters. The van der Waals surface area contributed by atoms with Crippen LogP contribution in [0.1, 0.15) is 12.8 Å². The number of hydrogen-bond acceptors (Lipinski definition) is 4. The number of hydrogen-bond donors (Lipinski definition) is 1. The lowest BCUT2D eigenvalue weighted by Crippen LogP contribution is -2.40. The molecule has 0 bridgehead atoms. The van der Waals surface area contributed by atoms with E-state index in [0.717, 1.165) is 26.1 Å². The zero-order chi connectivity index (χ0) is 11.7. The van der Waals surface area contributed by atoms with Crippen LogP contribution in [0.4, 0.5) is 0 Å². The first kappa shape index (κ1) is 11.5. The Labute approximate surface area is 95.8 Å². The van der Waals surface area contributed by atoms with Crippen LogP contribution in [0, 0.1) is 5.92 Å². The fourth-order valence-electron chi connectivity index (χ4n) is 2.62. The topological polar surface area (TPSA) is 52.7 Å². The maximum absolute atomic E-state index is 11.8. The Bertz CT molecular complexity index is 306. The number of nitrogens with zero attached hydrogens (tertiary/aromatic N) is 2. The molecule has 0 spiro atoms. The molecule has 0 aromatic carbocycles. The van der Waals surface area contributed by atoms with E-state index in [1.165, 1.54) is 4.90 Å². The molecule has 2 aliphatic heterocycles. The Morgan fingerprint density at radius 2 is 2.19 bits per heavy atom. The van der Waals surface area contributed by atoms with Crippen molar-refractivity contribution in [2.75, 3.05) is 33.7 Å². The molecule has 1 N–H and O–H groups in total. The number of carbonyl (C=O) groups is 2. The van der Waals surface area contributed by atoms with E-state index in [1.807, 2.05) is 7.05 Å². The lowest BCUT2D eigenvalue weighted by atomic mass is 10.1. The molecule has 0 aliphatic carbocycles. The van der Waals surface area contributed by atoms with Crippen molar-refractivity contribution < 1.29 is 9.59 Å². The number of rotatable bonds is 3. The van der Waals surface area contributed by atoms with Crippen molar-refractivity contribution in [1.82, 2.24) is 15.1 Å². The summed E-state index contributed by atoms with van der Waals surface area (Å²) >= 11 is 0. The Balaban J connectivity index is 1.95. The Morgan fingerprint density at radius 3 is 2.75 bits per heavy atom. The summed E-state index contributed by atoms with van der Waals surface area (Å²) in [5.74, 6) is 0.529. The number of carbonyl (C=O) groups excluding carboxylic acids is 2. The molecule has 2 heterocycles. The Morgan fingerprint density at radius 1 is 1.44 bits per heavy atom. The smallest absolute Gasteiger partial charge is 0.246 e. The average Bonchev–Trinajstić information content (AvgIpc) is 2.80. The largest absolute Gasteiger partial charge is 0.319 e. The molecular weight excluding hydrogens is 206 g/mol. The van der Waals surface area contributed by atoms with Gasteiger partial charge in [-0.3, -0.25) is 19.4 Å². The maximum atomic E-state index is 11.8. The molecule has 2 fully saturated rings. The molecule has 16 heavy (non-hydrogen) atoms. The second kappa shape index (κ2) is 4.51. The van der Waals surface area contributed by atoms with Gasteiger partial charge < -0.3 is 5.32 Å². The van der Waals surface area contributed by atoms with Crippen molar-refractivity contribution in [3.63, 3.8) is 0 Å². The molecule has 2 amide bonds. The van der Waals surface area contributed by atoms with Gasteiger partial charge in [-0.2, -0.15) is 0 Å². The van der Waals surface area contributed by atoms with Gasteiger partial charge in [-0.15, -0.1) is 0 Å². The molecule has 2 rings (SSSR count). The number of likely N-dealkylation sites (N-methyl/N-ethyl adjacent to an activating group) is 1. The van der Waals surface area contributed by atoms with E-state index in [1.54, 1.807) is 7.05 Å². The molecule has 2 aliphatic rings. The van der Waals surface area contributed by atoms with Gasteiger partial charge in [0, 0.05) is 13.6 Å². The number of likely N-dealkylation sites (tertiary alicyclic amines) is 2. The number of nitrogens with one attached hydrogen (secondary N) is 1. The summed E-state index contributed by atoms with van der Waals surface area (Å²) in [6, 6.07) is -0.195. The summed E-state index contributed by atoms with van der Waals surface area (Å²) < 4.78 is 0. The highest BCUT2D eigenvalue weighted by molar-refractivity contribution is 6.05. The van der Waals surface area contributed by atoms with Crippen LogP contribution < -0.4 is 5.32 Å². The normalized spacial score (nSPS) is 31.8. The molecule has 2 atom stereocenters. The number of imide groups is 1. The summed E-state index contributed by atoms with van der Waals surface area (Å²) in [5, 5.41) is 3.16. The van der Waals surface area contributed by atoms with Gasteiger partial charge in [0.25, 0.3) is 0 Å². The van der Waals surface area contributed by atoms with Gasteiger partial charge in [-0.1, -0.05) is 0 Å². The summed E-state index contributed by atoms with van der Waals surface area (Å²) in [7, 11) is 3.52. The molecule has 0 radical (unpaired) electrons. The molecule has 5 heteroatoms. The minimum absolute atomic E-state index is 0.0323. The monoisotopic (exact) mass is 225 g/mol. The average molecular weight is 225 g/mol. The van der Waals surface area contributed by atoms with Crippen LogP contribution >= 0.6 is 0 Å². The van der Waals surface area contributed by atoms with Crippen molar-refractivity contribution >= 4 is 11.8 Å².